The van der Waals surface area contributed by atoms with Gasteiger partial charge in [-0.1, -0.05) is 6.07 Å². The molecule has 1 N–H and O–H groups in total. The number of aromatic nitrogens is 4. The maximum atomic E-state index is 13.4. The first-order valence-corrected chi connectivity index (χ1v) is 11.3. The fraction of sp³-hybridized carbons (Fsp3) is 0.360. The second-order valence-electron chi connectivity index (χ2n) is 8.82. The molecule has 1 saturated heterocycles. The zero-order valence-corrected chi connectivity index (χ0v) is 20.2. The molecular weight excluding hydrogens is 433 g/mol. The minimum atomic E-state index is -0.438. The third kappa shape index (κ3) is 4.84. The standard InChI is InChI=1S/C16H22N4.C9H8FN3O/c1-11-5-6-15(14-9-17-13(3)18-16(11)14)20-8-7-19(4)12(2)10-20;1-13-4-6-2-7(11-5-14)3-8(10)9(6)12-13/h5-6,9,12H,7-8,10H2,1-4H3;2-5H,1H3,(H,11,14). The summed E-state index contributed by atoms with van der Waals surface area (Å²) in [6.45, 7) is 9.57. The van der Waals surface area contributed by atoms with Crippen LogP contribution in [0.25, 0.3) is 21.8 Å². The van der Waals surface area contributed by atoms with Gasteiger partial charge in [0.15, 0.2) is 5.82 Å². The van der Waals surface area contributed by atoms with Crippen LogP contribution in [0.1, 0.15) is 18.3 Å². The molecule has 3 heterocycles. The molecule has 1 atom stereocenters. The van der Waals surface area contributed by atoms with Crippen molar-refractivity contribution in [2.24, 2.45) is 7.05 Å². The van der Waals surface area contributed by atoms with E-state index in [9.17, 15) is 9.18 Å². The molecule has 34 heavy (non-hydrogen) atoms. The van der Waals surface area contributed by atoms with E-state index < -0.39 is 5.82 Å². The Morgan fingerprint density at radius 2 is 1.94 bits per heavy atom. The van der Waals surface area contributed by atoms with Gasteiger partial charge < -0.3 is 15.1 Å². The number of fused-ring (bicyclic) bond motifs is 2. The highest BCUT2D eigenvalue weighted by atomic mass is 19.1. The summed E-state index contributed by atoms with van der Waals surface area (Å²) in [5.74, 6) is 0.400. The molecule has 0 spiro atoms. The molecule has 5 rings (SSSR count). The number of carbonyl (C=O) groups excluding carboxylic acids is 1. The fourth-order valence-corrected chi connectivity index (χ4v) is 4.24. The molecular formula is C25H30FN7O. The molecule has 1 fully saturated rings. The predicted octanol–water partition coefficient (Wildman–Crippen LogP) is 3.67. The highest BCUT2D eigenvalue weighted by Gasteiger charge is 2.22. The Morgan fingerprint density at radius 3 is 2.68 bits per heavy atom. The van der Waals surface area contributed by atoms with Gasteiger partial charge >= 0.3 is 0 Å². The molecule has 0 radical (unpaired) electrons. The van der Waals surface area contributed by atoms with Gasteiger partial charge in [0.05, 0.1) is 5.52 Å². The van der Waals surface area contributed by atoms with Crippen molar-refractivity contribution in [2.45, 2.75) is 26.8 Å². The first kappa shape index (κ1) is 23.6. The lowest BCUT2D eigenvalue weighted by Gasteiger charge is -2.39. The monoisotopic (exact) mass is 463 g/mol. The Hall–Kier alpha value is -3.59. The van der Waals surface area contributed by atoms with Crippen molar-refractivity contribution in [3.8, 4) is 0 Å². The van der Waals surface area contributed by atoms with Crippen LogP contribution in [-0.2, 0) is 11.8 Å². The molecule has 1 unspecified atom stereocenters. The number of nitrogens with one attached hydrogen (secondary N) is 1. The summed E-state index contributed by atoms with van der Waals surface area (Å²) in [6, 6.07) is 7.87. The number of amides is 1. The molecule has 2 aromatic carbocycles. The Morgan fingerprint density at radius 1 is 1.15 bits per heavy atom. The van der Waals surface area contributed by atoms with Gasteiger partial charge in [-0.3, -0.25) is 9.48 Å². The minimum absolute atomic E-state index is 0.309. The van der Waals surface area contributed by atoms with Crippen LogP contribution in [0.4, 0.5) is 15.8 Å². The maximum absolute atomic E-state index is 13.4. The van der Waals surface area contributed by atoms with Crippen molar-refractivity contribution in [2.75, 3.05) is 36.9 Å². The number of nitrogens with zero attached hydrogens (tertiary/aromatic N) is 6. The van der Waals surface area contributed by atoms with Crippen LogP contribution in [0, 0.1) is 19.7 Å². The number of likely N-dealkylation sites (N-methyl/N-ethyl adjacent to an activating group) is 1. The SMILES string of the molecule is Cc1ncc2c(N3CCN(C)C(C)C3)ccc(C)c2n1.Cn1cc2cc(NC=O)cc(F)c2n1. The van der Waals surface area contributed by atoms with E-state index in [1.165, 1.54) is 27.4 Å². The lowest BCUT2D eigenvalue weighted by molar-refractivity contribution is -0.105. The molecule has 0 saturated carbocycles. The van der Waals surface area contributed by atoms with Gasteiger partial charge in [-0.15, -0.1) is 0 Å². The number of halogens is 1. The molecule has 8 nitrogen and oxygen atoms in total. The largest absolute Gasteiger partial charge is 0.368 e. The van der Waals surface area contributed by atoms with Gasteiger partial charge in [-0.05, 0) is 51.6 Å². The van der Waals surface area contributed by atoms with Crippen molar-refractivity contribution in [1.82, 2.24) is 24.6 Å². The quantitative estimate of drug-likeness (QED) is 0.467. The van der Waals surface area contributed by atoms with Crippen LogP contribution in [0.3, 0.4) is 0 Å². The Balaban J connectivity index is 0.000000172. The molecule has 4 aromatic rings. The maximum Gasteiger partial charge on any atom is 0.211 e. The van der Waals surface area contributed by atoms with Gasteiger partial charge in [0.25, 0.3) is 0 Å². The van der Waals surface area contributed by atoms with E-state index in [0.29, 0.717) is 29.0 Å². The van der Waals surface area contributed by atoms with E-state index in [4.69, 9.17) is 0 Å². The van der Waals surface area contributed by atoms with E-state index in [1.807, 2.05) is 13.1 Å². The Bertz CT molecular complexity index is 1340. The molecule has 0 aliphatic carbocycles. The van der Waals surface area contributed by atoms with Gasteiger partial charge in [-0.2, -0.15) is 5.10 Å². The van der Waals surface area contributed by atoms with E-state index in [2.05, 4.69) is 63.2 Å². The van der Waals surface area contributed by atoms with Crippen LogP contribution < -0.4 is 10.2 Å². The zero-order valence-electron chi connectivity index (χ0n) is 20.2. The van der Waals surface area contributed by atoms with Crippen LogP contribution in [0.2, 0.25) is 0 Å². The number of carbonyl (C=O) groups is 1. The number of piperazine rings is 1. The summed E-state index contributed by atoms with van der Waals surface area (Å²) in [5.41, 5.74) is 4.31. The average Bonchev–Trinajstić information content (AvgIpc) is 3.18. The number of rotatable bonds is 3. The Kier molecular flexibility index (Phi) is 6.74. The number of anilines is 2. The fourth-order valence-electron chi connectivity index (χ4n) is 4.24. The van der Waals surface area contributed by atoms with Crippen molar-refractivity contribution in [3.63, 3.8) is 0 Å². The highest BCUT2D eigenvalue weighted by molar-refractivity contribution is 5.93. The second kappa shape index (κ2) is 9.72. The van der Waals surface area contributed by atoms with Crippen molar-refractivity contribution in [3.05, 3.63) is 53.9 Å². The van der Waals surface area contributed by atoms with Crippen LogP contribution in [0.15, 0.2) is 36.7 Å². The molecule has 1 amide bonds. The number of aryl methyl sites for hydroxylation is 3. The Labute approximate surface area is 198 Å². The van der Waals surface area contributed by atoms with Crippen molar-refractivity contribution < 1.29 is 9.18 Å². The first-order chi connectivity index (χ1) is 16.3. The topological polar surface area (TPSA) is 79.2 Å². The third-order valence-electron chi connectivity index (χ3n) is 6.25. The van der Waals surface area contributed by atoms with Crippen LogP contribution in [-0.4, -0.2) is 63.8 Å². The summed E-state index contributed by atoms with van der Waals surface area (Å²) in [5, 5.41) is 8.17. The van der Waals surface area contributed by atoms with Crippen molar-refractivity contribution >= 4 is 39.6 Å². The molecule has 178 valence electrons. The lowest BCUT2D eigenvalue weighted by atomic mass is 10.1. The molecule has 9 heteroatoms. The lowest BCUT2D eigenvalue weighted by Crippen LogP contribution is -2.50. The number of hydrogen-bond acceptors (Lipinski definition) is 6. The van der Waals surface area contributed by atoms with Crippen LogP contribution >= 0.6 is 0 Å². The van der Waals surface area contributed by atoms with E-state index in [-0.39, 0.29) is 0 Å². The van der Waals surface area contributed by atoms with Crippen LogP contribution in [0.5, 0.6) is 0 Å². The highest BCUT2D eigenvalue weighted by Crippen LogP contribution is 2.29. The van der Waals surface area contributed by atoms with Crippen molar-refractivity contribution in [1.29, 1.82) is 0 Å². The molecule has 1 aliphatic heterocycles. The molecule has 2 aromatic heterocycles. The zero-order chi connectivity index (χ0) is 24.4. The normalized spacial score (nSPS) is 16.4. The molecule has 1 aliphatic rings. The van der Waals surface area contributed by atoms with Gasteiger partial charge in [0.2, 0.25) is 6.41 Å². The summed E-state index contributed by atoms with van der Waals surface area (Å²) < 4.78 is 14.9. The molecule has 0 bridgehead atoms. The second-order valence-corrected chi connectivity index (χ2v) is 8.82. The number of hydrogen-bond donors (Lipinski definition) is 1. The summed E-state index contributed by atoms with van der Waals surface area (Å²) >= 11 is 0. The first-order valence-electron chi connectivity index (χ1n) is 11.3. The minimum Gasteiger partial charge on any atom is -0.368 e. The van der Waals surface area contributed by atoms with Gasteiger partial charge in [0, 0.05) is 67.3 Å². The van der Waals surface area contributed by atoms with Gasteiger partial charge in [0.1, 0.15) is 11.3 Å². The summed E-state index contributed by atoms with van der Waals surface area (Å²) in [4.78, 5) is 24.1. The number of benzene rings is 2. The summed E-state index contributed by atoms with van der Waals surface area (Å²) in [7, 11) is 3.91. The van der Waals surface area contributed by atoms with E-state index in [0.717, 1.165) is 31.0 Å². The third-order valence-corrected chi connectivity index (χ3v) is 6.25. The predicted molar refractivity (Wildman–Crippen MR) is 134 cm³/mol. The average molecular weight is 464 g/mol. The van der Waals surface area contributed by atoms with E-state index in [1.54, 1.807) is 19.3 Å². The smallest absolute Gasteiger partial charge is 0.211 e. The summed E-state index contributed by atoms with van der Waals surface area (Å²) in [6.07, 6.45) is 4.17. The van der Waals surface area contributed by atoms with E-state index >= 15 is 0 Å². The van der Waals surface area contributed by atoms with Gasteiger partial charge in [-0.25, -0.2) is 14.4 Å².